The van der Waals surface area contributed by atoms with E-state index in [4.69, 9.17) is 9.97 Å². The standard InChI is InChI=1S/C31H35N5O/c37-29-21-27(24-11-5-2-6-12-24)28-22-33-31(34-30(28)36(29)26-13-7-8-14-26)35-19-16-25(17-20-35)32-18-15-23-9-3-1-4-10-23/h1-6,9-12,21-22,25-26,32H,7-8,13-20H2. The molecule has 3 heterocycles. The summed E-state index contributed by atoms with van der Waals surface area (Å²) in [5.41, 5.74) is 4.15. The van der Waals surface area contributed by atoms with E-state index in [1.807, 2.05) is 29.0 Å². The van der Waals surface area contributed by atoms with Gasteiger partial charge in [-0.15, -0.1) is 0 Å². The Morgan fingerprint density at radius 1 is 0.892 bits per heavy atom. The monoisotopic (exact) mass is 493 g/mol. The average molecular weight is 494 g/mol. The number of piperidine rings is 1. The molecule has 6 heteroatoms. The van der Waals surface area contributed by atoms with Gasteiger partial charge in [-0.05, 0) is 55.3 Å². The van der Waals surface area contributed by atoms with Gasteiger partial charge in [0.25, 0.3) is 5.56 Å². The Kier molecular flexibility index (Phi) is 7.00. The number of anilines is 1. The summed E-state index contributed by atoms with van der Waals surface area (Å²) < 4.78 is 1.96. The number of nitrogens with zero attached hydrogens (tertiary/aromatic N) is 4. The van der Waals surface area contributed by atoms with Crippen molar-refractivity contribution in [3.63, 3.8) is 0 Å². The molecule has 0 spiro atoms. The highest BCUT2D eigenvalue weighted by atomic mass is 16.1. The van der Waals surface area contributed by atoms with Gasteiger partial charge in [0.05, 0.1) is 0 Å². The molecule has 0 amide bonds. The quantitative estimate of drug-likeness (QED) is 0.375. The highest BCUT2D eigenvalue weighted by molar-refractivity contribution is 5.92. The van der Waals surface area contributed by atoms with Crippen LogP contribution in [0.3, 0.4) is 0 Å². The molecular weight excluding hydrogens is 458 g/mol. The van der Waals surface area contributed by atoms with Crippen molar-refractivity contribution >= 4 is 17.0 Å². The lowest BCUT2D eigenvalue weighted by atomic mass is 10.0. The summed E-state index contributed by atoms with van der Waals surface area (Å²) in [7, 11) is 0. The number of nitrogens with one attached hydrogen (secondary N) is 1. The topological polar surface area (TPSA) is 63.1 Å². The van der Waals surface area contributed by atoms with Crippen LogP contribution in [0.5, 0.6) is 0 Å². The Labute approximate surface area is 218 Å². The normalized spacial score (nSPS) is 17.0. The van der Waals surface area contributed by atoms with E-state index in [0.29, 0.717) is 6.04 Å². The van der Waals surface area contributed by atoms with Crippen LogP contribution in [-0.4, -0.2) is 40.2 Å². The average Bonchev–Trinajstić information content (AvgIpc) is 3.48. The molecule has 0 unspecified atom stereocenters. The van der Waals surface area contributed by atoms with Gasteiger partial charge in [0.15, 0.2) is 0 Å². The Balaban J connectivity index is 1.23. The molecule has 1 aliphatic heterocycles. The summed E-state index contributed by atoms with van der Waals surface area (Å²) >= 11 is 0. The van der Waals surface area contributed by atoms with Gasteiger partial charge in [0.2, 0.25) is 5.95 Å². The first-order valence-electron chi connectivity index (χ1n) is 13.8. The molecule has 0 radical (unpaired) electrons. The second-order valence-electron chi connectivity index (χ2n) is 10.4. The molecule has 2 aromatic carbocycles. The van der Waals surface area contributed by atoms with Gasteiger partial charge in [0, 0.05) is 42.8 Å². The van der Waals surface area contributed by atoms with Crippen molar-refractivity contribution in [1.29, 1.82) is 0 Å². The molecule has 0 bridgehead atoms. The Hall–Kier alpha value is -3.51. The van der Waals surface area contributed by atoms with Gasteiger partial charge in [-0.3, -0.25) is 9.36 Å². The van der Waals surface area contributed by atoms with E-state index >= 15 is 0 Å². The van der Waals surface area contributed by atoms with Crippen molar-refractivity contribution in [2.75, 3.05) is 24.5 Å². The molecule has 37 heavy (non-hydrogen) atoms. The molecule has 2 aliphatic rings. The van der Waals surface area contributed by atoms with E-state index in [1.54, 1.807) is 6.07 Å². The fourth-order valence-electron chi connectivity index (χ4n) is 5.99. The largest absolute Gasteiger partial charge is 0.341 e. The second-order valence-corrected chi connectivity index (χ2v) is 10.4. The molecule has 1 N–H and O–H groups in total. The van der Waals surface area contributed by atoms with Crippen molar-refractivity contribution in [3.8, 4) is 11.1 Å². The molecule has 1 aliphatic carbocycles. The van der Waals surface area contributed by atoms with Crippen LogP contribution in [0.25, 0.3) is 22.2 Å². The van der Waals surface area contributed by atoms with Crippen molar-refractivity contribution in [2.45, 2.75) is 57.0 Å². The van der Waals surface area contributed by atoms with E-state index in [2.05, 4.69) is 52.7 Å². The molecule has 2 aromatic heterocycles. The number of pyridine rings is 1. The molecule has 1 saturated heterocycles. The summed E-state index contributed by atoms with van der Waals surface area (Å²) in [5, 5.41) is 4.70. The van der Waals surface area contributed by atoms with Crippen LogP contribution in [0.2, 0.25) is 0 Å². The molecule has 190 valence electrons. The maximum absolute atomic E-state index is 13.4. The molecule has 4 aromatic rings. The van der Waals surface area contributed by atoms with E-state index in [9.17, 15) is 4.79 Å². The number of aromatic nitrogens is 3. The van der Waals surface area contributed by atoms with Gasteiger partial charge >= 0.3 is 0 Å². The minimum Gasteiger partial charge on any atom is -0.341 e. The van der Waals surface area contributed by atoms with Gasteiger partial charge in [-0.1, -0.05) is 73.5 Å². The highest BCUT2D eigenvalue weighted by Crippen LogP contribution is 2.33. The van der Waals surface area contributed by atoms with Gasteiger partial charge in [-0.2, -0.15) is 4.98 Å². The molecule has 6 rings (SSSR count). The zero-order valence-corrected chi connectivity index (χ0v) is 21.4. The predicted molar refractivity (Wildman–Crippen MR) is 150 cm³/mol. The number of hydrogen-bond acceptors (Lipinski definition) is 5. The first-order valence-corrected chi connectivity index (χ1v) is 13.8. The summed E-state index contributed by atoms with van der Waals surface area (Å²) in [6, 6.07) is 23.3. The van der Waals surface area contributed by atoms with Crippen molar-refractivity contribution < 1.29 is 0 Å². The van der Waals surface area contributed by atoms with E-state index in [1.165, 1.54) is 18.4 Å². The molecule has 6 nitrogen and oxygen atoms in total. The smallest absolute Gasteiger partial charge is 0.253 e. The fourth-order valence-corrected chi connectivity index (χ4v) is 5.99. The van der Waals surface area contributed by atoms with Crippen molar-refractivity contribution in [2.24, 2.45) is 0 Å². The second kappa shape index (κ2) is 10.9. The lowest BCUT2D eigenvalue weighted by Gasteiger charge is -2.32. The summed E-state index contributed by atoms with van der Waals surface area (Å²) in [4.78, 5) is 25.6. The number of rotatable bonds is 7. The van der Waals surface area contributed by atoms with Crippen LogP contribution in [-0.2, 0) is 6.42 Å². The number of fused-ring (bicyclic) bond motifs is 1. The van der Waals surface area contributed by atoms with Crippen LogP contribution in [0.1, 0.15) is 50.1 Å². The van der Waals surface area contributed by atoms with Gasteiger partial charge in [-0.25, -0.2) is 4.98 Å². The highest BCUT2D eigenvalue weighted by Gasteiger charge is 2.25. The summed E-state index contributed by atoms with van der Waals surface area (Å²) in [5.74, 6) is 0.742. The molecule has 2 fully saturated rings. The van der Waals surface area contributed by atoms with Crippen LogP contribution >= 0.6 is 0 Å². The minimum atomic E-state index is 0.0456. The third-order valence-electron chi connectivity index (χ3n) is 8.02. The number of benzene rings is 2. The van der Waals surface area contributed by atoms with Crippen molar-refractivity contribution in [1.82, 2.24) is 19.9 Å². The fraction of sp³-hybridized carbons (Fsp3) is 0.387. The van der Waals surface area contributed by atoms with Gasteiger partial charge < -0.3 is 10.2 Å². The zero-order valence-electron chi connectivity index (χ0n) is 21.4. The maximum atomic E-state index is 13.4. The molecule has 0 atom stereocenters. The third kappa shape index (κ3) is 5.16. The lowest BCUT2D eigenvalue weighted by Crippen LogP contribution is -2.43. The summed E-state index contributed by atoms with van der Waals surface area (Å²) in [6.07, 6.45) is 9.54. The SMILES string of the molecule is O=c1cc(-c2ccccc2)c2cnc(N3CCC(NCCc4ccccc4)CC3)nc2n1C1CCCC1. The molecule has 1 saturated carbocycles. The van der Waals surface area contributed by atoms with E-state index in [-0.39, 0.29) is 11.6 Å². The van der Waals surface area contributed by atoms with E-state index < -0.39 is 0 Å². The van der Waals surface area contributed by atoms with Crippen molar-refractivity contribution in [3.05, 3.63) is 88.8 Å². The number of hydrogen-bond donors (Lipinski definition) is 1. The van der Waals surface area contributed by atoms with Crippen LogP contribution in [0.15, 0.2) is 77.7 Å². The third-order valence-corrected chi connectivity index (χ3v) is 8.02. The molecular formula is C31H35N5O. The van der Waals surface area contributed by atoms with Crippen LogP contribution in [0, 0.1) is 0 Å². The van der Waals surface area contributed by atoms with Crippen LogP contribution in [0.4, 0.5) is 5.95 Å². The first kappa shape index (κ1) is 23.9. The maximum Gasteiger partial charge on any atom is 0.253 e. The predicted octanol–water partition coefficient (Wildman–Crippen LogP) is 5.37. The lowest BCUT2D eigenvalue weighted by molar-refractivity contribution is 0.415. The Bertz CT molecular complexity index is 1390. The van der Waals surface area contributed by atoms with Gasteiger partial charge in [0.1, 0.15) is 5.65 Å². The first-order chi connectivity index (χ1) is 18.3. The Morgan fingerprint density at radius 2 is 1.59 bits per heavy atom. The van der Waals surface area contributed by atoms with E-state index in [0.717, 1.165) is 79.8 Å². The van der Waals surface area contributed by atoms with Crippen LogP contribution < -0.4 is 15.8 Å². The Morgan fingerprint density at radius 3 is 2.32 bits per heavy atom. The summed E-state index contributed by atoms with van der Waals surface area (Å²) in [6.45, 7) is 2.83. The zero-order chi connectivity index (χ0) is 25.0. The minimum absolute atomic E-state index is 0.0456.